The standard InChI is InChI=1S/C26H39N3O4S/c1-5-7-15-27-26(28-16-8-6-2)18-34(32,33)23-14-11-20(29(3)4)17-22(23)24(25(26)31)19-9-12-21(30)13-10-19/h9-14,17,24-25,27-28,30-31H,5-8,15-16,18H2,1-4H3/t24?,25-/m1/s1. The summed E-state index contributed by atoms with van der Waals surface area (Å²) in [5.74, 6) is -0.747. The second kappa shape index (κ2) is 11.1. The van der Waals surface area contributed by atoms with Gasteiger partial charge in [0.2, 0.25) is 0 Å². The number of fused-ring (bicyclic) bond motifs is 1. The number of aromatic hydroxyl groups is 1. The van der Waals surface area contributed by atoms with Crippen molar-refractivity contribution in [3.63, 3.8) is 0 Å². The number of nitrogens with zero attached hydrogens (tertiary/aromatic N) is 1. The number of nitrogens with one attached hydrogen (secondary N) is 2. The van der Waals surface area contributed by atoms with Gasteiger partial charge < -0.3 is 15.1 Å². The van der Waals surface area contributed by atoms with E-state index in [4.69, 9.17) is 0 Å². The normalized spacial score (nSPS) is 21.0. The maximum absolute atomic E-state index is 13.8. The van der Waals surface area contributed by atoms with E-state index in [2.05, 4.69) is 24.5 Å². The predicted octanol–water partition coefficient (Wildman–Crippen LogP) is 3.21. The Labute approximate surface area is 204 Å². The molecular formula is C26H39N3O4S. The zero-order valence-electron chi connectivity index (χ0n) is 20.7. The van der Waals surface area contributed by atoms with Crippen molar-refractivity contribution >= 4 is 15.5 Å². The number of hydrogen-bond donors (Lipinski definition) is 4. The highest BCUT2D eigenvalue weighted by Gasteiger charge is 2.50. The number of benzene rings is 2. The number of phenols is 1. The van der Waals surface area contributed by atoms with E-state index in [1.165, 1.54) is 0 Å². The van der Waals surface area contributed by atoms with Crippen LogP contribution in [0.3, 0.4) is 0 Å². The molecule has 1 aliphatic heterocycles. The Morgan fingerprint density at radius 2 is 1.59 bits per heavy atom. The van der Waals surface area contributed by atoms with Gasteiger partial charge in [-0.05, 0) is 67.4 Å². The van der Waals surface area contributed by atoms with Crippen molar-refractivity contribution in [2.75, 3.05) is 37.8 Å². The third kappa shape index (κ3) is 5.57. The summed E-state index contributed by atoms with van der Waals surface area (Å²) < 4.78 is 27.6. The minimum atomic E-state index is -3.74. The number of rotatable bonds is 10. The fourth-order valence-corrected chi connectivity index (χ4v) is 6.60. The first-order valence-corrected chi connectivity index (χ1v) is 13.8. The van der Waals surface area contributed by atoms with Crippen LogP contribution in [0.25, 0.3) is 0 Å². The number of aliphatic hydroxyl groups excluding tert-OH is 1. The number of phenolic OH excluding ortho intramolecular Hbond substituents is 1. The molecule has 188 valence electrons. The van der Waals surface area contributed by atoms with Gasteiger partial charge in [-0.15, -0.1) is 0 Å². The number of hydrogen-bond acceptors (Lipinski definition) is 7. The molecule has 2 aromatic rings. The lowest BCUT2D eigenvalue weighted by atomic mass is 9.81. The highest BCUT2D eigenvalue weighted by Crippen LogP contribution is 2.42. The van der Waals surface area contributed by atoms with Crippen LogP contribution in [0.15, 0.2) is 47.4 Å². The Morgan fingerprint density at radius 1 is 1.00 bits per heavy atom. The molecule has 4 N–H and O–H groups in total. The zero-order valence-corrected chi connectivity index (χ0v) is 21.5. The molecule has 0 radical (unpaired) electrons. The van der Waals surface area contributed by atoms with Crippen molar-refractivity contribution in [1.82, 2.24) is 10.6 Å². The SMILES string of the molecule is CCCCNC1(NCCCC)CS(=O)(=O)c2ccc(N(C)C)cc2C(c2ccc(O)cc2)[C@H]1O. The van der Waals surface area contributed by atoms with E-state index < -0.39 is 27.5 Å². The summed E-state index contributed by atoms with van der Waals surface area (Å²) in [6, 6.07) is 12.0. The van der Waals surface area contributed by atoms with Gasteiger partial charge in [-0.2, -0.15) is 0 Å². The van der Waals surface area contributed by atoms with E-state index in [0.29, 0.717) is 18.7 Å². The molecule has 34 heavy (non-hydrogen) atoms. The Hall–Kier alpha value is -2.13. The summed E-state index contributed by atoms with van der Waals surface area (Å²) in [5.41, 5.74) is 0.956. The number of sulfone groups is 1. The van der Waals surface area contributed by atoms with Gasteiger partial charge in [0.15, 0.2) is 9.84 Å². The molecule has 8 heteroatoms. The average Bonchev–Trinajstić information content (AvgIpc) is 2.86. The second-order valence-electron chi connectivity index (χ2n) is 9.42. The molecule has 2 aromatic carbocycles. The van der Waals surface area contributed by atoms with Crippen LogP contribution in [-0.4, -0.2) is 63.3 Å². The fourth-order valence-electron chi connectivity index (χ4n) is 4.65. The van der Waals surface area contributed by atoms with Gasteiger partial charge in [0, 0.05) is 25.7 Å². The molecular weight excluding hydrogens is 450 g/mol. The minimum absolute atomic E-state index is 0.121. The van der Waals surface area contributed by atoms with Crippen molar-refractivity contribution in [3.8, 4) is 5.75 Å². The van der Waals surface area contributed by atoms with E-state index >= 15 is 0 Å². The summed E-state index contributed by atoms with van der Waals surface area (Å²) in [7, 11) is 0.0714. The van der Waals surface area contributed by atoms with Crippen molar-refractivity contribution in [2.45, 2.75) is 62.1 Å². The summed E-state index contributed by atoms with van der Waals surface area (Å²) in [4.78, 5) is 2.16. The molecule has 0 spiro atoms. The second-order valence-corrected chi connectivity index (χ2v) is 11.4. The Bertz CT molecular complexity index is 1040. The van der Waals surface area contributed by atoms with Crippen molar-refractivity contribution in [1.29, 1.82) is 0 Å². The lowest BCUT2D eigenvalue weighted by molar-refractivity contribution is 0.0377. The van der Waals surface area contributed by atoms with Crippen LogP contribution in [-0.2, 0) is 9.84 Å². The van der Waals surface area contributed by atoms with Crippen LogP contribution < -0.4 is 15.5 Å². The maximum atomic E-state index is 13.8. The highest BCUT2D eigenvalue weighted by atomic mass is 32.2. The summed E-state index contributed by atoms with van der Waals surface area (Å²) in [5, 5.41) is 28.7. The Balaban J connectivity index is 2.24. The molecule has 0 aliphatic carbocycles. The third-order valence-electron chi connectivity index (χ3n) is 6.61. The first-order chi connectivity index (χ1) is 16.1. The lowest BCUT2D eigenvalue weighted by Gasteiger charge is -2.41. The largest absolute Gasteiger partial charge is 0.508 e. The highest BCUT2D eigenvalue weighted by molar-refractivity contribution is 7.91. The van der Waals surface area contributed by atoms with Crippen LogP contribution in [0.4, 0.5) is 5.69 Å². The molecule has 0 saturated heterocycles. The fraction of sp³-hybridized carbons (Fsp3) is 0.538. The van der Waals surface area contributed by atoms with Gasteiger partial charge in [0.05, 0.1) is 16.8 Å². The number of unbranched alkanes of at least 4 members (excludes halogenated alkanes) is 2. The van der Waals surface area contributed by atoms with Crippen LogP contribution in [0.5, 0.6) is 5.75 Å². The van der Waals surface area contributed by atoms with E-state index in [0.717, 1.165) is 36.9 Å². The van der Waals surface area contributed by atoms with Gasteiger partial charge in [-0.1, -0.05) is 38.8 Å². The Morgan fingerprint density at radius 3 is 2.12 bits per heavy atom. The molecule has 1 aliphatic rings. The van der Waals surface area contributed by atoms with E-state index in [-0.39, 0.29) is 16.4 Å². The maximum Gasteiger partial charge on any atom is 0.181 e. The molecule has 7 nitrogen and oxygen atoms in total. The molecule has 0 aromatic heterocycles. The van der Waals surface area contributed by atoms with E-state index in [1.54, 1.807) is 36.4 Å². The molecule has 1 heterocycles. The van der Waals surface area contributed by atoms with E-state index in [1.807, 2.05) is 25.1 Å². The first-order valence-electron chi connectivity index (χ1n) is 12.2. The zero-order chi connectivity index (χ0) is 24.9. The van der Waals surface area contributed by atoms with Crippen molar-refractivity contribution in [2.24, 2.45) is 0 Å². The van der Waals surface area contributed by atoms with Crippen molar-refractivity contribution in [3.05, 3.63) is 53.6 Å². The number of anilines is 1. The first kappa shape index (κ1) is 26.5. The molecule has 0 amide bonds. The minimum Gasteiger partial charge on any atom is -0.508 e. The average molecular weight is 490 g/mol. The molecule has 1 unspecified atom stereocenters. The van der Waals surface area contributed by atoms with Crippen LogP contribution in [0, 0.1) is 0 Å². The predicted molar refractivity (Wildman–Crippen MR) is 137 cm³/mol. The van der Waals surface area contributed by atoms with E-state index in [9.17, 15) is 18.6 Å². The topological polar surface area (TPSA) is 102 Å². The Kier molecular flexibility index (Phi) is 8.62. The smallest absolute Gasteiger partial charge is 0.181 e. The molecule has 3 rings (SSSR count). The molecule has 0 fully saturated rings. The number of aliphatic hydroxyl groups is 1. The summed E-state index contributed by atoms with van der Waals surface area (Å²) in [6.07, 6.45) is 2.57. The van der Waals surface area contributed by atoms with Gasteiger partial charge in [-0.3, -0.25) is 10.6 Å². The van der Waals surface area contributed by atoms with Crippen LogP contribution in [0.1, 0.15) is 56.6 Å². The van der Waals surface area contributed by atoms with Crippen LogP contribution >= 0.6 is 0 Å². The van der Waals surface area contributed by atoms with Crippen LogP contribution in [0.2, 0.25) is 0 Å². The van der Waals surface area contributed by atoms with Gasteiger partial charge in [0.25, 0.3) is 0 Å². The molecule has 2 atom stereocenters. The lowest BCUT2D eigenvalue weighted by Crippen LogP contribution is -2.68. The summed E-state index contributed by atoms with van der Waals surface area (Å²) in [6.45, 7) is 5.33. The van der Waals surface area contributed by atoms with Gasteiger partial charge in [0.1, 0.15) is 11.4 Å². The third-order valence-corrected chi connectivity index (χ3v) is 8.49. The van der Waals surface area contributed by atoms with Gasteiger partial charge >= 0.3 is 0 Å². The van der Waals surface area contributed by atoms with Crippen molar-refractivity contribution < 1.29 is 18.6 Å². The molecule has 0 saturated carbocycles. The summed E-state index contributed by atoms with van der Waals surface area (Å²) >= 11 is 0. The monoisotopic (exact) mass is 489 g/mol. The van der Waals surface area contributed by atoms with Gasteiger partial charge in [-0.25, -0.2) is 8.42 Å². The molecule has 0 bridgehead atoms. The quantitative estimate of drug-likeness (QED) is 0.300.